The molecule has 0 unspecified atom stereocenters. The summed E-state index contributed by atoms with van der Waals surface area (Å²) in [5.74, 6) is 0.156. The Bertz CT molecular complexity index is 503. The zero-order valence-corrected chi connectivity index (χ0v) is 10.4. The largest absolute Gasteiger partial charge is 0.494 e. The summed E-state index contributed by atoms with van der Waals surface area (Å²) in [6.07, 6.45) is 1.01. The van der Waals surface area contributed by atoms with Gasteiger partial charge in [-0.25, -0.2) is 4.68 Å². The Balaban J connectivity index is 3.54. The standard InChI is InChI=1S/C11H16N4O2/c1-7(2)13-10-5-9(17-4)11(8(3)16)14-15(10)6-12/h5-7,12H,1-4H3. The van der Waals surface area contributed by atoms with Gasteiger partial charge in [0.05, 0.1) is 7.11 Å². The van der Waals surface area contributed by atoms with E-state index in [9.17, 15) is 4.79 Å². The monoisotopic (exact) mass is 236 g/mol. The van der Waals surface area contributed by atoms with Crippen molar-refractivity contribution in [3.05, 3.63) is 17.2 Å². The SMILES string of the molecule is COc1cc(=NC(C)C)n(C=N)nc1C(C)=O. The van der Waals surface area contributed by atoms with Gasteiger partial charge in [0.15, 0.2) is 22.7 Å². The lowest BCUT2D eigenvalue weighted by atomic mass is 10.2. The van der Waals surface area contributed by atoms with Gasteiger partial charge in [-0.15, -0.1) is 0 Å². The van der Waals surface area contributed by atoms with Gasteiger partial charge in [0.2, 0.25) is 0 Å². The van der Waals surface area contributed by atoms with Crippen molar-refractivity contribution in [2.45, 2.75) is 26.8 Å². The Hall–Kier alpha value is -1.98. The van der Waals surface area contributed by atoms with Crippen molar-refractivity contribution >= 4 is 12.1 Å². The Labute approximate surface area is 99.5 Å². The molecule has 1 heterocycles. The van der Waals surface area contributed by atoms with E-state index in [1.165, 1.54) is 18.7 Å². The topological polar surface area (TPSA) is 80.3 Å². The van der Waals surface area contributed by atoms with E-state index < -0.39 is 0 Å². The molecule has 0 atom stereocenters. The van der Waals surface area contributed by atoms with Gasteiger partial charge in [0.1, 0.15) is 6.34 Å². The maximum Gasteiger partial charge on any atom is 0.183 e. The molecule has 0 bridgehead atoms. The van der Waals surface area contributed by atoms with E-state index in [0.29, 0.717) is 11.2 Å². The van der Waals surface area contributed by atoms with Gasteiger partial charge in [0, 0.05) is 19.0 Å². The van der Waals surface area contributed by atoms with Crippen LogP contribution in [0.2, 0.25) is 0 Å². The lowest BCUT2D eigenvalue weighted by Crippen LogP contribution is -2.27. The number of aromatic nitrogens is 2. The summed E-state index contributed by atoms with van der Waals surface area (Å²) >= 11 is 0. The number of nitrogens with zero attached hydrogens (tertiary/aromatic N) is 3. The Kier molecular flexibility index (Phi) is 4.14. The van der Waals surface area contributed by atoms with Crippen LogP contribution >= 0.6 is 0 Å². The number of Topliss-reactive ketones (excluding diaryl/α,β-unsaturated/α-hetero) is 1. The van der Waals surface area contributed by atoms with Crippen molar-refractivity contribution in [1.29, 1.82) is 5.41 Å². The highest BCUT2D eigenvalue weighted by atomic mass is 16.5. The third kappa shape index (κ3) is 2.99. The van der Waals surface area contributed by atoms with E-state index in [2.05, 4.69) is 10.1 Å². The number of carbonyl (C=O) groups is 1. The molecule has 1 N–H and O–H groups in total. The molecule has 6 heteroatoms. The molecule has 0 aliphatic carbocycles. The number of ether oxygens (including phenoxy) is 1. The summed E-state index contributed by atoms with van der Waals surface area (Å²) in [4.78, 5) is 15.7. The highest BCUT2D eigenvalue weighted by Crippen LogP contribution is 2.12. The van der Waals surface area contributed by atoms with Gasteiger partial charge in [-0.1, -0.05) is 0 Å². The quantitative estimate of drug-likeness (QED) is 0.478. The lowest BCUT2D eigenvalue weighted by Gasteiger charge is -2.08. The zero-order valence-electron chi connectivity index (χ0n) is 10.4. The van der Waals surface area contributed by atoms with Crippen molar-refractivity contribution in [3.63, 3.8) is 0 Å². The predicted molar refractivity (Wildman–Crippen MR) is 63.7 cm³/mol. The number of hydrogen-bond donors (Lipinski definition) is 1. The Morgan fingerprint density at radius 1 is 1.65 bits per heavy atom. The summed E-state index contributed by atoms with van der Waals surface area (Å²) in [6.45, 7) is 5.23. The summed E-state index contributed by atoms with van der Waals surface area (Å²) in [5.41, 5.74) is 0.676. The van der Waals surface area contributed by atoms with Crippen LogP contribution in [0.15, 0.2) is 11.1 Å². The molecule has 1 rings (SSSR count). The number of ketones is 1. The molecule has 17 heavy (non-hydrogen) atoms. The number of rotatable bonds is 4. The van der Waals surface area contributed by atoms with Crippen LogP contribution in [0.4, 0.5) is 0 Å². The summed E-state index contributed by atoms with van der Waals surface area (Å²) in [5, 5.41) is 11.3. The van der Waals surface area contributed by atoms with Crippen LogP contribution in [-0.2, 0) is 0 Å². The molecule has 0 aliphatic rings. The third-order valence-corrected chi connectivity index (χ3v) is 2.00. The first-order chi connectivity index (χ1) is 7.99. The molecule has 0 amide bonds. The van der Waals surface area contributed by atoms with E-state index in [1.54, 1.807) is 6.07 Å². The van der Waals surface area contributed by atoms with Crippen LogP contribution in [0.5, 0.6) is 5.75 Å². The van der Waals surface area contributed by atoms with E-state index in [-0.39, 0.29) is 17.5 Å². The molecular formula is C11H16N4O2. The van der Waals surface area contributed by atoms with Crippen LogP contribution in [0.1, 0.15) is 31.3 Å². The summed E-state index contributed by atoms with van der Waals surface area (Å²) < 4.78 is 6.35. The number of carbonyl (C=O) groups excluding carboxylic acids is 1. The van der Waals surface area contributed by atoms with Crippen molar-refractivity contribution in [2.75, 3.05) is 7.11 Å². The normalized spacial score (nSPS) is 11.7. The molecule has 0 fully saturated rings. The third-order valence-electron chi connectivity index (χ3n) is 2.00. The number of hydrogen-bond acceptors (Lipinski definition) is 5. The summed E-state index contributed by atoms with van der Waals surface area (Å²) in [7, 11) is 1.47. The van der Waals surface area contributed by atoms with E-state index in [4.69, 9.17) is 10.1 Å². The molecule has 0 saturated carbocycles. The lowest BCUT2D eigenvalue weighted by molar-refractivity contribution is 0.100. The van der Waals surface area contributed by atoms with Crippen molar-refractivity contribution in [1.82, 2.24) is 9.78 Å². The average Bonchev–Trinajstić information content (AvgIpc) is 2.27. The predicted octanol–water partition coefficient (Wildman–Crippen LogP) is 0.859. The molecule has 0 spiro atoms. The van der Waals surface area contributed by atoms with Crippen molar-refractivity contribution in [3.8, 4) is 5.75 Å². The van der Waals surface area contributed by atoms with Gasteiger partial charge >= 0.3 is 0 Å². The molecule has 0 radical (unpaired) electrons. The van der Waals surface area contributed by atoms with Crippen molar-refractivity contribution < 1.29 is 9.53 Å². The fraction of sp³-hybridized carbons (Fsp3) is 0.455. The maximum absolute atomic E-state index is 11.4. The number of nitrogens with one attached hydrogen (secondary N) is 1. The smallest absolute Gasteiger partial charge is 0.183 e. The van der Waals surface area contributed by atoms with Crippen LogP contribution in [-0.4, -0.2) is 35.1 Å². The second-order valence-electron chi connectivity index (χ2n) is 3.77. The molecular weight excluding hydrogens is 220 g/mol. The second kappa shape index (κ2) is 5.38. The van der Waals surface area contributed by atoms with E-state index in [1.807, 2.05) is 13.8 Å². The maximum atomic E-state index is 11.4. The fourth-order valence-corrected chi connectivity index (χ4v) is 1.32. The van der Waals surface area contributed by atoms with Gasteiger partial charge in [-0.05, 0) is 13.8 Å². The second-order valence-corrected chi connectivity index (χ2v) is 3.77. The first kappa shape index (κ1) is 13.1. The van der Waals surface area contributed by atoms with Crippen LogP contribution in [0, 0.1) is 5.41 Å². The van der Waals surface area contributed by atoms with Gasteiger partial charge in [-0.2, -0.15) is 5.10 Å². The minimum Gasteiger partial charge on any atom is -0.494 e. The minimum absolute atomic E-state index is 0.0656. The first-order valence-corrected chi connectivity index (χ1v) is 5.22. The van der Waals surface area contributed by atoms with E-state index in [0.717, 1.165) is 6.34 Å². The van der Waals surface area contributed by atoms with Gasteiger partial charge in [-0.3, -0.25) is 15.2 Å². The van der Waals surface area contributed by atoms with Crippen LogP contribution in [0.3, 0.4) is 0 Å². The Morgan fingerprint density at radius 3 is 2.71 bits per heavy atom. The van der Waals surface area contributed by atoms with Gasteiger partial charge < -0.3 is 4.74 Å². The highest BCUT2D eigenvalue weighted by Gasteiger charge is 2.12. The van der Waals surface area contributed by atoms with Crippen molar-refractivity contribution in [2.24, 2.45) is 4.99 Å². The summed E-state index contributed by atoms with van der Waals surface area (Å²) in [6, 6.07) is 1.67. The zero-order chi connectivity index (χ0) is 13.0. The van der Waals surface area contributed by atoms with Crippen LogP contribution in [0.25, 0.3) is 0 Å². The molecule has 0 saturated heterocycles. The minimum atomic E-state index is -0.214. The first-order valence-electron chi connectivity index (χ1n) is 5.22. The fourth-order valence-electron chi connectivity index (χ4n) is 1.32. The Morgan fingerprint density at radius 2 is 2.29 bits per heavy atom. The molecule has 0 aromatic carbocycles. The molecule has 1 aromatic rings. The van der Waals surface area contributed by atoms with E-state index >= 15 is 0 Å². The average molecular weight is 236 g/mol. The highest BCUT2D eigenvalue weighted by molar-refractivity contribution is 5.94. The molecule has 92 valence electrons. The molecule has 0 aliphatic heterocycles. The molecule has 1 aromatic heterocycles. The number of methoxy groups -OCH3 is 1. The van der Waals surface area contributed by atoms with Crippen LogP contribution < -0.4 is 10.2 Å². The molecule has 6 nitrogen and oxygen atoms in total. The van der Waals surface area contributed by atoms with Gasteiger partial charge in [0.25, 0.3) is 0 Å².